The minimum Gasteiger partial charge on any atom is -0.481 e. The molecular weight excluding hydrogens is 268 g/mol. The van der Waals surface area contributed by atoms with Gasteiger partial charge in [0.25, 0.3) is 0 Å². The highest BCUT2D eigenvalue weighted by atomic mass is 16.4. The number of carbonyl (C=O) groups is 2. The summed E-state index contributed by atoms with van der Waals surface area (Å²) in [7, 11) is 1.77. The summed E-state index contributed by atoms with van der Waals surface area (Å²) in [6.45, 7) is 1.91. The summed E-state index contributed by atoms with van der Waals surface area (Å²) in [4.78, 5) is 26.8. The van der Waals surface area contributed by atoms with E-state index in [4.69, 9.17) is 5.11 Å². The van der Waals surface area contributed by atoms with Crippen molar-refractivity contribution in [1.82, 2.24) is 4.90 Å². The van der Waals surface area contributed by atoms with Crippen LogP contribution in [-0.4, -0.2) is 48.6 Å². The average molecular weight is 290 g/mol. The Bertz CT molecular complexity index is 490. The normalized spacial score (nSPS) is 19.2. The minimum atomic E-state index is -0.755. The van der Waals surface area contributed by atoms with Gasteiger partial charge in [-0.25, -0.2) is 0 Å². The smallest absolute Gasteiger partial charge is 0.303 e. The molecule has 0 bridgehead atoms. The molecule has 0 aliphatic carbocycles. The molecule has 1 aromatic carbocycles. The summed E-state index contributed by atoms with van der Waals surface area (Å²) in [5, 5.41) is 8.88. The number of carboxylic acid groups (broad SMARTS) is 1. The number of nitrogens with zero attached hydrogens (tertiary/aromatic N) is 2. The summed E-state index contributed by atoms with van der Waals surface area (Å²) >= 11 is 0. The third kappa shape index (κ3) is 4.56. The Morgan fingerprint density at radius 2 is 2.05 bits per heavy atom. The molecule has 1 heterocycles. The molecule has 1 saturated heterocycles. The largest absolute Gasteiger partial charge is 0.481 e. The van der Waals surface area contributed by atoms with Gasteiger partial charge in [0.2, 0.25) is 5.91 Å². The van der Waals surface area contributed by atoms with E-state index < -0.39 is 5.97 Å². The fourth-order valence-corrected chi connectivity index (χ4v) is 2.80. The van der Waals surface area contributed by atoms with Crippen molar-refractivity contribution in [3.05, 3.63) is 30.3 Å². The Morgan fingerprint density at radius 1 is 1.33 bits per heavy atom. The van der Waals surface area contributed by atoms with Crippen LogP contribution in [0.5, 0.6) is 0 Å². The van der Waals surface area contributed by atoms with Gasteiger partial charge in [-0.2, -0.15) is 0 Å². The maximum Gasteiger partial charge on any atom is 0.303 e. The van der Waals surface area contributed by atoms with Crippen LogP contribution in [0.4, 0.5) is 5.69 Å². The number of carbonyl (C=O) groups excluding carboxylic acids is 1. The van der Waals surface area contributed by atoms with Crippen LogP contribution in [0.25, 0.3) is 0 Å². The second-order valence-electron chi connectivity index (χ2n) is 5.63. The van der Waals surface area contributed by atoms with E-state index in [-0.39, 0.29) is 18.2 Å². The van der Waals surface area contributed by atoms with E-state index in [1.807, 2.05) is 30.3 Å². The Morgan fingerprint density at radius 3 is 2.71 bits per heavy atom. The Hall–Kier alpha value is -1.88. The SMILES string of the molecule is CN(C(=O)CN1CCCC(CC(=O)O)C1)c1ccccc1. The second-order valence-corrected chi connectivity index (χ2v) is 5.63. The first kappa shape index (κ1) is 15.5. The molecule has 1 N–H and O–H groups in total. The molecular formula is C16H22N2O3. The number of likely N-dealkylation sites (N-methyl/N-ethyl adjacent to an activating group) is 1. The van der Waals surface area contributed by atoms with Gasteiger partial charge >= 0.3 is 5.97 Å². The lowest BCUT2D eigenvalue weighted by Gasteiger charge is -2.32. The highest BCUT2D eigenvalue weighted by Crippen LogP contribution is 2.20. The van der Waals surface area contributed by atoms with Gasteiger partial charge in [0.1, 0.15) is 0 Å². The average Bonchev–Trinajstić information content (AvgIpc) is 2.47. The van der Waals surface area contributed by atoms with Gasteiger partial charge in [-0.3, -0.25) is 14.5 Å². The summed E-state index contributed by atoms with van der Waals surface area (Å²) in [6.07, 6.45) is 2.09. The van der Waals surface area contributed by atoms with Crippen LogP contribution in [0.15, 0.2) is 30.3 Å². The van der Waals surface area contributed by atoms with E-state index in [1.54, 1.807) is 11.9 Å². The highest BCUT2D eigenvalue weighted by Gasteiger charge is 2.24. The fourth-order valence-electron chi connectivity index (χ4n) is 2.80. The van der Waals surface area contributed by atoms with Crippen molar-refractivity contribution in [2.24, 2.45) is 5.92 Å². The first-order valence-electron chi connectivity index (χ1n) is 7.32. The zero-order valence-electron chi connectivity index (χ0n) is 12.4. The number of anilines is 1. The van der Waals surface area contributed by atoms with Crippen LogP contribution in [0, 0.1) is 5.92 Å². The molecule has 0 spiro atoms. The van der Waals surface area contributed by atoms with Crippen molar-refractivity contribution in [3.63, 3.8) is 0 Å². The lowest BCUT2D eigenvalue weighted by atomic mass is 9.95. The monoisotopic (exact) mass is 290 g/mol. The molecule has 2 rings (SSSR count). The number of rotatable bonds is 5. The number of para-hydroxylation sites is 1. The molecule has 1 aliphatic rings. The molecule has 5 nitrogen and oxygen atoms in total. The fraction of sp³-hybridized carbons (Fsp3) is 0.500. The molecule has 1 atom stereocenters. The van der Waals surface area contributed by atoms with Gasteiger partial charge in [0.05, 0.1) is 6.54 Å². The first-order chi connectivity index (χ1) is 10.1. The maximum atomic E-state index is 12.3. The van der Waals surface area contributed by atoms with Crippen LogP contribution < -0.4 is 4.90 Å². The molecule has 0 saturated carbocycles. The van der Waals surface area contributed by atoms with E-state index in [1.165, 1.54) is 0 Å². The summed E-state index contributed by atoms with van der Waals surface area (Å²) < 4.78 is 0. The van der Waals surface area contributed by atoms with Crippen molar-refractivity contribution in [2.45, 2.75) is 19.3 Å². The molecule has 1 fully saturated rings. The van der Waals surface area contributed by atoms with E-state index in [9.17, 15) is 9.59 Å². The number of hydrogen-bond donors (Lipinski definition) is 1. The quantitative estimate of drug-likeness (QED) is 0.899. The summed E-state index contributed by atoms with van der Waals surface area (Å²) in [5.41, 5.74) is 0.876. The zero-order valence-corrected chi connectivity index (χ0v) is 12.4. The molecule has 21 heavy (non-hydrogen) atoms. The van der Waals surface area contributed by atoms with Crippen molar-refractivity contribution < 1.29 is 14.7 Å². The number of carboxylic acids is 1. The van der Waals surface area contributed by atoms with Crippen molar-refractivity contribution in [2.75, 3.05) is 31.6 Å². The van der Waals surface area contributed by atoms with Crippen LogP contribution in [0.3, 0.4) is 0 Å². The lowest BCUT2D eigenvalue weighted by molar-refractivity contribution is -0.138. The number of likely N-dealkylation sites (tertiary alicyclic amines) is 1. The van der Waals surface area contributed by atoms with E-state index in [2.05, 4.69) is 4.90 Å². The molecule has 0 radical (unpaired) electrons. The van der Waals surface area contributed by atoms with Gasteiger partial charge in [0, 0.05) is 25.7 Å². The van der Waals surface area contributed by atoms with Gasteiger partial charge in [-0.05, 0) is 37.4 Å². The van der Waals surface area contributed by atoms with Crippen molar-refractivity contribution >= 4 is 17.6 Å². The molecule has 114 valence electrons. The standard InChI is InChI=1S/C16H22N2O3/c1-17(14-7-3-2-4-8-14)15(19)12-18-9-5-6-13(11-18)10-16(20)21/h2-4,7-8,13H,5-6,9-12H2,1H3,(H,20,21). The van der Waals surface area contributed by atoms with Gasteiger partial charge in [-0.1, -0.05) is 18.2 Å². The number of amides is 1. The van der Waals surface area contributed by atoms with Gasteiger partial charge in [0.15, 0.2) is 0 Å². The second kappa shape index (κ2) is 7.22. The summed E-state index contributed by atoms with van der Waals surface area (Å²) in [5.74, 6) is -0.558. The van der Waals surface area contributed by atoms with E-state index >= 15 is 0 Å². The number of hydrogen-bond acceptors (Lipinski definition) is 3. The number of aliphatic carboxylic acids is 1. The van der Waals surface area contributed by atoms with Gasteiger partial charge < -0.3 is 10.0 Å². The molecule has 1 amide bonds. The zero-order chi connectivity index (χ0) is 15.2. The highest BCUT2D eigenvalue weighted by molar-refractivity contribution is 5.94. The topological polar surface area (TPSA) is 60.9 Å². The summed E-state index contributed by atoms with van der Waals surface area (Å²) in [6, 6.07) is 9.54. The molecule has 1 aliphatic heterocycles. The van der Waals surface area contributed by atoms with Crippen LogP contribution in [0.1, 0.15) is 19.3 Å². The maximum absolute atomic E-state index is 12.3. The molecule has 5 heteroatoms. The minimum absolute atomic E-state index is 0.0391. The van der Waals surface area contributed by atoms with E-state index in [0.717, 1.165) is 25.1 Å². The predicted octanol–water partition coefficient (Wildman–Crippen LogP) is 1.84. The van der Waals surface area contributed by atoms with Crippen molar-refractivity contribution in [3.8, 4) is 0 Å². The van der Waals surface area contributed by atoms with Crippen LogP contribution in [-0.2, 0) is 9.59 Å². The molecule has 1 aromatic rings. The first-order valence-corrected chi connectivity index (χ1v) is 7.32. The molecule has 1 unspecified atom stereocenters. The number of benzene rings is 1. The van der Waals surface area contributed by atoms with Gasteiger partial charge in [-0.15, -0.1) is 0 Å². The predicted molar refractivity (Wildman–Crippen MR) is 81.3 cm³/mol. The van der Waals surface area contributed by atoms with Crippen molar-refractivity contribution in [1.29, 1.82) is 0 Å². The Kier molecular flexibility index (Phi) is 5.33. The third-order valence-corrected chi connectivity index (χ3v) is 3.94. The van der Waals surface area contributed by atoms with Crippen LogP contribution >= 0.6 is 0 Å². The lowest BCUT2D eigenvalue weighted by Crippen LogP contribution is -2.43. The Balaban J connectivity index is 1.88. The van der Waals surface area contributed by atoms with Crippen LogP contribution in [0.2, 0.25) is 0 Å². The van der Waals surface area contributed by atoms with E-state index in [0.29, 0.717) is 13.1 Å². The molecule has 0 aromatic heterocycles. The third-order valence-electron chi connectivity index (χ3n) is 3.94. The number of piperidine rings is 1. The Labute approximate surface area is 125 Å².